The minimum Gasteiger partial charge on any atom is -0.389 e. The Hall–Kier alpha value is -1.38. The molecule has 1 aromatic heterocycles. The second kappa shape index (κ2) is 4.95. The molecule has 1 aromatic rings. The number of anilines is 1. The van der Waals surface area contributed by atoms with Crippen LogP contribution >= 0.6 is 0 Å². The molecule has 19 heavy (non-hydrogen) atoms. The van der Waals surface area contributed by atoms with Crippen molar-refractivity contribution in [2.24, 2.45) is 5.73 Å². The number of rotatable bonds is 2. The number of hydrogen-bond donors (Lipinski definition) is 3. The molecule has 0 saturated carbocycles. The van der Waals surface area contributed by atoms with Crippen molar-refractivity contribution in [1.82, 2.24) is 4.98 Å². The maximum absolute atomic E-state index is 12.6. The van der Waals surface area contributed by atoms with Gasteiger partial charge in [0.2, 0.25) is 0 Å². The van der Waals surface area contributed by atoms with E-state index in [1.54, 1.807) is 0 Å². The Morgan fingerprint density at radius 2 is 1.84 bits per heavy atom. The van der Waals surface area contributed by atoms with E-state index in [9.17, 15) is 23.4 Å². The van der Waals surface area contributed by atoms with Crippen LogP contribution in [0.3, 0.4) is 0 Å². The van der Waals surface area contributed by atoms with Gasteiger partial charge in [-0.1, -0.05) is 6.07 Å². The van der Waals surface area contributed by atoms with Gasteiger partial charge >= 0.3 is 6.18 Å². The van der Waals surface area contributed by atoms with Crippen molar-refractivity contribution in [2.45, 2.75) is 24.9 Å². The lowest BCUT2D eigenvalue weighted by atomic mass is 10.2. The topological polar surface area (TPSA) is 82.6 Å². The molecule has 0 radical (unpaired) electrons. The molecule has 0 aromatic carbocycles. The number of alkyl halides is 3. The third-order valence-electron chi connectivity index (χ3n) is 3.02. The molecule has 2 heterocycles. The molecular formula is C11H14F3N3O2. The molecule has 5 nitrogen and oxygen atoms in total. The van der Waals surface area contributed by atoms with E-state index >= 15 is 0 Å². The smallest absolute Gasteiger partial charge is 0.389 e. The van der Waals surface area contributed by atoms with E-state index in [0.29, 0.717) is 5.56 Å². The van der Waals surface area contributed by atoms with Crippen LogP contribution in [0.1, 0.15) is 11.3 Å². The molecule has 1 aliphatic heterocycles. The minimum absolute atomic E-state index is 0.0302. The largest absolute Gasteiger partial charge is 0.433 e. The molecular weight excluding hydrogens is 263 g/mol. The zero-order valence-electron chi connectivity index (χ0n) is 9.93. The highest BCUT2D eigenvalue weighted by Gasteiger charge is 2.36. The zero-order valence-corrected chi connectivity index (χ0v) is 9.93. The first-order valence-electron chi connectivity index (χ1n) is 5.71. The Bertz CT molecular complexity index is 457. The van der Waals surface area contributed by atoms with Crippen molar-refractivity contribution in [3.63, 3.8) is 0 Å². The number of aromatic nitrogens is 1. The highest BCUT2D eigenvalue weighted by atomic mass is 19.4. The number of pyridine rings is 1. The zero-order chi connectivity index (χ0) is 14.2. The number of hydrogen-bond acceptors (Lipinski definition) is 5. The lowest BCUT2D eigenvalue weighted by Crippen LogP contribution is -2.25. The molecule has 0 aliphatic carbocycles. The number of aliphatic hydroxyl groups is 2. The van der Waals surface area contributed by atoms with E-state index in [1.165, 1.54) is 11.0 Å². The number of nitrogens with two attached hydrogens (primary N) is 1. The van der Waals surface area contributed by atoms with Gasteiger partial charge < -0.3 is 20.8 Å². The molecule has 1 saturated heterocycles. The van der Waals surface area contributed by atoms with Crippen LogP contribution in [0.5, 0.6) is 0 Å². The minimum atomic E-state index is -4.54. The van der Waals surface area contributed by atoms with Crippen LogP contribution in [0.4, 0.5) is 19.0 Å². The maximum Gasteiger partial charge on any atom is 0.433 e. The standard InChI is InChI=1S/C11H14F3N3O2/c12-11(13,14)9-2-1-6(3-15)10(16-9)17-4-7(18)8(19)5-17/h1-2,7-8,18-19H,3-5,15H2. The Morgan fingerprint density at radius 1 is 1.26 bits per heavy atom. The summed E-state index contributed by atoms with van der Waals surface area (Å²) >= 11 is 0. The molecule has 2 unspecified atom stereocenters. The third-order valence-corrected chi connectivity index (χ3v) is 3.02. The summed E-state index contributed by atoms with van der Waals surface area (Å²) in [6.07, 6.45) is -6.54. The first-order valence-corrected chi connectivity index (χ1v) is 5.71. The molecule has 4 N–H and O–H groups in total. The maximum atomic E-state index is 12.6. The Morgan fingerprint density at radius 3 is 2.32 bits per heavy atom. The van der Waals surface area contributed by atoms with E-state index in [1.807, 2.05) is 0 Å². The summed E-state index contributed by atoms with van der Waals surface area (Å²) in [6, 6.07) is 2.14. The average molecular weight is 277 g/mol. The molecule has 106 valence electrons. The van der Waals surface area contributed by atoms with Gasteiger partial charge in [-0.05, 0) is 6.07 Å². The molecule has 0 amide bonds. The fraction of sp³-hybridized carbons (Fsp3) is 0.545. The highest BCUT2D eigenvalue weighted by Crippen LogP contribution is 2.31. The van der Waals surface area contributed by atoms with Gasteiger partial charge in [0.05, 0.1) is 12.2 Å². The van der Waals surface area contributed by atoms with Gasteiger partial charge in [-0.2, -0.15) is 13.2 Å². The van der Waals surface area contributed by atoms with Gasteiger partial charge in [0.1, 0.15) is 11.5 Å². The third kappa shape index (κ3) is 2.80. The molecule has 1 aliphatic rings. The van der Waals surface area contributed by atoms with Crippen molar-refractivity contribution < 1.29 is 23.4 Å². The quantitative estimate of drug-likeness (QED) is 0.714. The van der Waals surface area contributed by atoms with Gasteiger partial charge in [-0.3, -0.25) is 0 Å². The van der Waals surface area contributed by atoms with E-state index < -0.39 is 24.1 Å². The van der Waals surface area contributed by atoms with Crippen LogP contribution in [0, 0.1) is 0 Å². The lowest BCUT2D eigenvalue weighted by molar-refractivity contribution is -0.141. The summed E-state index contributed by atoms with van der Waals surface area (Å²) in [5.41, 5.74) is 4.89. The summed E-state index contributed by atoms with van der Waals surface area (Å²) in [6.45, 7) is 0.0914. The number of nitrogens with zero attached hydrogens (tertiary/aromatic N) is 2. The predicted molar refractivity (Wildman–Crippen MR) is 61.4 cm³/mol. The van der Waals surface area contributed by atoms with Crippen LogP contribution < -0.4 is 10.6 Å². The molecule has 2 atom stereocenters. The normalized spacial score (nSPS) is 24.0. The molecule has 1 fully saturated rings. The number of aliphatic hydroxyl groups excluding tert-OH is 2. The van der Waals surface area contributed by atoms with Gasteiger partial charge in [0, 0.05) is 25.2 Å². The summed E-state index contributed by atoms with van der Waals surface area (Å²) in [5, 5.41) is 18.9. The molecule has 2 rings (SSSR count). The van der Waals surface area contributed by atoms with Crippen LogP contribution in [0.15, 0.2) is 12.1 Å². The van der Waals surface area contributed by atoms with E-state index in [-0.39, 0.29) is 25.5 Å². The van der Waals surface area contributed by atoms with Crippen LogP contribution in [-0.2, 0) is 12.7 Å². The van der Waals surface area contributed by atoms with Crippen molar-refractivity contribution in [2.75, 3.05) is 18.0 Å². The Labute approximate surface area is 107 Å². The van der Waals surface area contributed by atoms with Crippen molar-refractivity contribution >= 4 is 5.82 Å². The fourth-order valence-corrected chi connectivity index (χ4v) is 2.01. The first kappa shape index (κ1) is 14.0. The summed E-state index contributed by atoms with van der Waals surface area (Å²) in [4.78, 5) is 4.97. The monoisotopic (exact) mass is 277 g/mol. The van der Waals surface area contributed by atoms with Crippen molar-refractivity contribution in [3.05, 3.63) is 23.4 Å². The average Bonchev–Trinajstić information content (AvgIpc) is 2.67. The van der Waals surface area contributed by atoms with E-state index in [2.05, 4.69) is 4.98 Å². The predicted octanol–water partition coefficient (Wildman–Crippen LogP) is 0.101. The van der Waals surface area contributed by atoms with Gasteiger partial charge in [0.15, 0.2) is 0 Å². The molecule has 8 heteroatoms. The summed E-state index contributed by atoms with van der Waals surface area (Å²) in [5.74, 6) is 0.0629. The van der Waals surface area contributed by atoms with Crippen molar-refractivity contribution in [1.29, 1.82) is 0 Å². The number of β-amino-alcohol motifs (C(OH)–C–C–N with tert-alkyl or cyclic N) is 2. The second-order valence-electron chi connectivity index (χ2n) is 4.42. The summed E-state index contributed by atoms with van der Waals surface area (Å²) < 4.78 is 37.9. The fourth-order valence-electron chi connectivity index (χ4n) is 2.01. The van der Waals surface area contributed by atoms with Crippen LogP contribution in [0.25, 0.3) is 0 Å². The van der Waals surface area contributed by atoms with E-state index in [4.69, 9.17) is 5.73 Å². The molecule has 0 bridgehead atoms. The Kier molecular flexibility index (Phi) is 3.66. The lowest BCUT2D eigenvalue weighted by Gasteiger charge is -2.21. The second-order valence-corrected chi connectivity index (χ2v) is 4.42. The number of halogens is 3. The van der Waals surface area contributed by atoms with E-state index in [0.717, 1.165) is 6.07 Å². The first-order chi connectivity index (χ1) is 8.82. The van der Waals surface area contributed by atoms with Gasteiger partial charge in [-0.15, -0.1) is 0 Å². The highest BCUT2D eigenvalue weighted by molar-refractivity contribution is 5.49. The SMILES string of the molecule is NCc1ccc(C(F)(F)F)nc1N1CC(O)C(O)C1. The Balaban J connectivity index is 2.37. The van der Waals surface area contributed by atoms with Crippen molar-refractivity contribution in [3.8, 4) is 0 Å². The molecule has 0 spiro atoms. The summed E-state index contributed by atoms with van der Waals surface area (Å²) in [7, 11) is 0. The van der Waals surface area contributed by atoms with Gasteiger partial charge in [-0.25, -0.2) is 4.98 Å². The van der Waals surface area contributed by atoms with Crippen LogP contribution in [-0.4, -0.2) is 40.5 Å². The van der Waals surface area contributed by atoms with Crippen LogP contribution in [0.2, 0.25) is 0 Å². The van der Waals surface area contributed by atoms with Gasteiger partial charge in [0.25, 0.3) is 0 Å².